The monoisotopic (exact) mass is 256 g/mol. The van der Waals surface area contributed by atoms with Gasteiger partial charge in [-0.05, 0) is 0 Å². The van der Waals surface area contributed by atoms with Gasteiger partial charge in [0.15, 0.2) is 11.7 Å². The van der Waals surface area contributed by atoms with E-state index in [0.717, 1.165) is 0 Å². The van der Waals surface area contributed by atoms with E-state index in [4.69, 9.17) is 0 Å². The molecule has 0 aliphatic heterocycles. The Morgan fingerprint density at radius 3 is 1.69 bits per heavy atom. The summed E-state index contributed by atoms with van der Waals surface area (Å²) in [6.07, 6.45) is -1.39. The van der Waals surface area contributed by atoms with Crippen LogP contribution in [0, 0.1) is 0 Å². The van der Waals surface area contributed by atoms with Crippen LogP contribution in [-0.4, -0.2) is 17.8 Å². The van der Waals surface area contributed by atoms with Crippen LogP contribution >= 0.6 is 0 Å². The topological polar surface area (TPSA) is 0 Å². The summed E-state index contributed by atoms with van der Waals surface area (Å²) < 4.78 is 112. The first-order valence-corrected chi connectivity index (χ1v) is 3.53. The summed E-state index contributed by atoms with van der Waals surface area (Å²) in [6.45, 7) is 0. The van der Waals surface area contributed by atoms with Crippen molar-refractivity contribution in [1.29, 1.82) is 0 Å². The van der Waals surface area contributed by atoms with E-state index in [1.807, 2.05) is 0 Å². The SMILES string of the molecule is FC1=CC(F)(F)C(F)(F)C(F)(F)C(F)=C1F. The highest BCUT2D eigenvalue weighted by Crippen LogP contribution is 2.53. The number of hydrogen-bond donors (Lipinski definition) is 0. The fourth-order valence-corrected chi connectivity index (χ4v) is 0.903. The van der Waals surface area contributed by atoms with Crippen LogP contribution in [0.25, 0.3) is 0 Å². The summed E-state index contributed by atoms with van der Waals surface area (Å²) in [7, 11) is 0. The molecule has 0 aromatic rings. The van der Waals surface area contributed by atoms with Crippen LogP contribution < -0.4 is 0 Å². The zero-order chi connectivity index (χ0) is 12.9. The molecule has 0 atom stereocenters. The summed E-state index contributed by atoms with van der Waals surface area (Å²) in [5.74, 6) is -27.6. The lowest BCUT2D eigenvalue weighted by Gasteiger charge is -2.28. The second-order valence-electron chi connectivity index (χ2n) is 2.89. The van der Waals surface area contributed by atoms with Crippen molar-refractivity contribution in [2.45, 2.75) is 17.8 Å². The lowest BCUT2D eigenvalue weighted by Crippen LogP contribution is -2.53. The fourth-order valence-electron chi connectivity index (χ4n) is 0.903. The summed E-state index contributed by atoms with van der Waals surface area (Å²) in [4.78, 5) is 0. The molecule has 0 amide bonds. The number of allylic oxidation sites excluding steroid dienone is 4. The van der Waals surface area contributed by atoms with E-state index >= 15 is 0 Å². The molecule has 0 aromatic carbocycles. The standard InChI is InChI=1S/C7HF9/c8-2-1-5(11,12)7(15,16)6(13,14)4(10)3(2)9/h1H. The fraction of sp³-hybridized carbons (Fsp3) is 0.429. The van der Waals surface area contributed by atoms with Crippen LogP contribution in [0.15, 0.2) is 23.6 Å². The Hall–Kier alpha value is -1.15. The Morgan fingerprint density at radius 1 is 0.812 bits per heavy atom. The molecule has 16 heavy (non-hydrogen) atoms. The number of alkyl halides is 6. The zero-order valence-electron chi connectivity index (χ0n) is 6.98. The minimum absolute atomic E-state index is 1.39. The summed E-state index contributed by atoms with van der Waals surface area (Å²) in [5.41, 5.74) is 0. The molecule has 0 saturated carbocycles. The highest BCUT2D eigenvalue weighted by atomic mass is 19.3. The molecule has 0 bridgehead atoms. The maximum absolute atomic E-state index is 12.5. The normalized spacial score (nSPS) is 27.4. The second-order valence-corrected chi connectivity index (χ2v) is 2.89. The van der Waals surface area contributed by atoms with Crippen molar-refractivity contribution in [2.24, 2.45) is 0 Å². The van der Waals surface area contributed by atoms with E-state index in [1.165, 1.54) is 0 Å². The Bertz CT molecular complexity index is 375. The quantitative estimate of drug-likeness (QED) is 0.576. The van der Waals surface area contributed by atoms with E-state index in [-0.39, 0.29) is 0 Å². The maximum Gasteiger partial charge on any atom is 0.382 e. The zero-order valence-corrected chi connectivity index (χ0v) is 6.98. The third-order valence-corrected chi connectivity index (χ3v) is 1.80. The molecule has 1 rings (SSSR count). The highest BCUT2D eigenvalue weighted by Gasteiger charge is 2.74. The van der Waals surface area contributed by atoms with Gasteiger partial charge in [-0.3, -0.25) is 0 Å². The van der Waals surface area contributed by atoms with Crippen LogP contribution in [0.4, 0.5) is 39.5 Å². The van der Waals surface area contributed by atoms with Gasteiger partial charge in [-0.15, -0.1) is 0 Å². The predicted molar refractivity (Wildman–Crippen MR) is 33.3 cm³/mol. The highest BCUT2D eigenvalue weighted by molar-refractivity contribution is 5.34. The third kappa shape index (κ3) is 1.40. The molecule has 0 unspecified atom stereocenters. The molecule has 1 aliphatic carbocycles. The first-order valence-electron chi connectivity index (χ1n) is 3.53. The smallest absolute Gasteiger partial charge is 0.204 e. The van der Waals surface area contributed by atoms with Crippen molar-refractivity contribution in [2.75, 3.05) is 0 Å². The van der Waals surface area contributed by atoms with Gasteiger partial charge in [-0.1, -0.05) is 0 Å². The Balaban J connectivity index is 3.57. The van der Waals surface area contributed by atoms with Crippen LogP contribution in [0.5, 0.6) is 0 Å². The Morgan fingerprint density at radius 2 is 1.25 bits per heavy atom. The summed E-state index contributed by atoms with van der Waals surface area (Å²) in [6, 6.07) is 0. The molecule has 0 heterocycles. The molecular formula is C7HF9. The van der Waals surface area contributed by atoms with E-state index < -0.39 is 41.3 Å². The molecule has 0 aromatic heterocycles. The number of rotatable bonds is 0. The molecule has 1 aliphatic rings. The van der Waals surface area contributed by atoms with Crippen molar-refractivity contribution >= 4 is 0 Å². The van der Waals surface area contributed by atoms with Gasteiger partial charge in [0.25, 0.3) is 0 Å². The van der Waals surface area contributed by atoms with Gasteiger partial charge in [0.2, 0.25) is 5.83 Å². The van der Waals surface area contributed by atoms with Crippen molar-refractivity contribution in [3.05, 3.63) is 23.6 Å². The molecule has 0 saturated heterocycles. The molecule has 0 fully saturated rings. The lowest BCUT2D eigenvalue weighted by molar-refractivity contribution is -0.281. The largest absolute Gasteiger partial charge is 0.382 e. The van der Waals surface area contributed by atoms with E-state index in [2.05, 4.69) is 0 Å². The van der Waals surface area contributed by atoms with Gasteiger partial charge in [-0.2, -0.15) is 26.3 Å². The van der Waals surface area contributed by atoms with Crippen LogP contribution in [0.2, 0.25) is 0 Å². The Kier molecular flexibility index (Phi) is 2.56. The van der Waals surface area contributed by atoms with Crippen LogP contribution in [0.3, 0.4) is 0 Å². The van der Waals surface area contributed by atoms with E-state index in [1.54, 1.807) is 0 Å². The maximum atomic E-state index is 12.5. The van der Waals surface area contributed by atoms with Gasteiger partial charge in [-0.25, -0.2) is 13.2 Å². The minimum Gasteiger partial charge on any atom is -0.204 e. The second kappa shape index (κ2) is 3.17. The van der Waals surface area contributed by atoms with Crippen LogP contribution in [-0.2, 0) is 0 Å². The molecule has 0 radical (unpaired) electrons. The van der Waals surface area contributed by atoms with Crippen molar-refractivity contribution < 1.29 is 39.5 Å². The van der Waals surface area contributed by atoms with Gasteiger partial charge in [0.1, 0.15) is 0 Å². The minimum atomic E-state index is -6.27. The average Bonchev–Trinajstić information content (AvgIpc) is 2.14. The van der Waals surface area contributed by atoms with Gasteiger partial charge < -0.3 is 0 Å². The molecule has 0 nitrogen and oxygen atoms in total. The number of hydrogen-bond acceptors (Lipinski definition) is 0. The average molecular weight is 256 g/mol. The Labute approximate surface area is 82.0 Å². The molecule has 0 N–H and O–H groups in total. The lowest BCUT2D eigenvalue weighted by atomic mass is 10.1. The first-order chi connectivity index (χ1) is 6.95. The van der Waals surface area contributed by atoms with E-state index in [0.29, 0.717) is 0 Å². The molecule has 0 spiro atoms. The molecular weight excluding hydrogens is 255 g/mol. The van der Waals surface area contributed by atoms with Crippen molar-refractivity contribution in [3.8, 4) is 0 Å². The van der Waals surface area contributed by atoms with Gasteiger partial charge in [0, 0.05) is 6.08 Å². The van der Waals surface area contributed by atoms with Gasteiger partial charge in [0.05, 0.1) is 0 Å². The van der Waals surface area contributed by atoms with E-state index in [9.17, 15) is 39.5 Å². The van der Waals surface area contributed by atoms with Crippen molar-refractivity contribution in [1.82, 2.24) is 0 Å². The first kappa shape index (κ1) is 12.9. The van der Waals surface area contributed by atoms with Crippen LogP contribution in [0.1, 0.15) is 0 Å². The van der Waals surface area contributed by atoms with Crippen molar-refractivity contribution in [3.63, 3.8) is 0 Å². The third-order valence-electron chi connectivity index (χ3n) is 1.80. The molecule has 92 valence electrons. The van der Waals surface area contributed by atoms with Gasteiger partial charge >= 0.3 is 17.8 Å². The summed E-state index contributed by atoms with van der Waals surface area (Å²) >= 11 is 0. The number of halogens is 9. The predicted octanol–water partition coefficient (Wildman–Crippen LogP) is 3.91. The summed E-state index contributed by atoms with van der Waals surface area (Å²) in [5, 5.41) is 0. The molecule has 9 heteroatoms.